The molecule has 1 aromatic heterocycles. The molecule has 0 radical (unpaired) electrons. The lowest BCUT2D eigenvalue weighted by molar-refractivity contribution is -0.696. The molecule has 0 aliphatic rings. The molecule has 0 N–H and O–H groups in total. The molecule has 1 aromatic rings. The predicted molar refractivity (Wildman–Crippen MR) is 138 cm³/mol. The van der Waals surface area contributed by atoms with E-state index in [1.165, 1.54) is 141 Å². The zero-order chi connectivity index (χ0) is 22.2. The highest BCUT2D eigenvalue weighted by Gasteiger charge is 2.00. The van der Waals surface area contributed by atoms with Crippen LogP contribution in [0.1, 0.15) is 148 Å². The molecule has 31 heavy (non-hydrogen) atoms. The van der Waals surface area contributed by atoms with Crippen LogP contribution in [0.5, 0.6) is 0 Å². The van der Waals surface area contributed by atoms with Crippen molar-refractivity contribution in [3.63, 3.8) is 0 Å². The van der Waals surface area contributed by atoms with Crippen LogP contribution in [-0.2, 0) is 6.54 Å². The van der Waals surface area contributed by atoms with Crippen LogP contribution in [0, 0.1) is 0 Å². The van der Waals surface area contributed by atoms with Crippen LogP contribution in [0.15, 0.2) is 25.3 Å². The van der Waals surface area contributed by atoms with Crippen molar-refractivity contribution in [3.8, 4) is 0 Å². The molecule has 0 aliphatic heterocycles. The van der Waals surface area contributed by atoms with E-state index < -0.39 is 0 Å². The van der Waals surface area contributed by atoms with Crippen LogP contribution >= 0.6 is 0 Å². The van der Waals surface area contributed by atoms with Crippen LogP contribution in [-0.4, -0.2) is 4.57 Å². The zero-order valence-corrected chi connectivity index (χ0v) is 21.2. The molecule has 2 nitrogen and oxygen atoms in total. The normalized spacial score (nSPS) is 11.3. The van der Waals surface area contributed by atoms with E-state index in [0.717, 1.165) is 6.54 Å². The molecular weight excluding hydrogens is 376 g/mol. The minimum absolute atomic E-state index is 1.14. The van der Waals surface area contributed by atoms with E-state index in [0.29, 0.717) is 0 Å². The molecule has 0 bridgehead atoms. The molecule has 0 spiro atoms. The number of aryl methyl sites for hydroxylation is 1. The summed E-state index contributed by atoms with van der Waals surface area (Å²) in [5.41, 5.74) is 0. The highest BCUT2D eigenvalue weighted by molar-refractivity contribution is 5.12. The summed E-state index contributed by atoms with van der Waals surface area (Å²) in [6.45, 7) is 7.23. The Hall–Kier alpha value is -1.05. The summed E-state index contributed by atoms with van der Waals surface area (Å²) >= 11 is 0. The van der Waals surface area contributed by atoms with Crippen molar-refractivity contribution >= 4 is 6.20 Å². The van der Waals surface area contributed by atoms with Gasteiger partial charge in [-0.15, -0.1) is 0 Å². The van der Waals surface area contributed by atoms with Gasteiger partial charge >= 0.3 is 0 Å². The van der Waals surface area contributed by atoms with Crippen molar-refractivity contribution in [2.75, 3.05) is 0 Å². The molecule has 0 fully saturated rings. The van der Waals surface area contributed by atoms with Gasteiger partial charge in [-0.3, -0.25) is 0 Å². The Morgan fingerprint density at radius 2 is 0.935 bits per heavy atom. The van der Waals surface area contributed by atoms with Gasteiger partial charge in [-0.1, -0.05) is 142 Å². The van der Waals surface area contributed by atoms with Crippen molar-refractivity contribution in [1.29, 1.82) is 0 Å². The third kappa shape index (κ3) is 18.2. The Balaban J connectivity index is 1.68. The van der Waals surface area contributed by atoms with E-state index in [-0.39, 0.29) is 0 Å². The van der Waals surface area contributed by atoms with Gasteiger partial charge in [0.1, 0.15) is 12.4 Å². The van der Waals surface area contributed by atoms with Crippen LogP contribution in [0.4, 0.5) is 0 Å². The largest absolute Gasteiger partial charge is 0.248 e. The third-order valence-corrected chi connectivity index (χ3v) is 6.69. The van der Waals surface area contributed by atoms with Crippen LogP contribution in [0.2, 0.25) is 0 Å². The second kappa shape index (κ2) is 22.2. The van der Waals surface area contributed by atoms with Crippen LogP contribution < -0.4 is 4.57 Å². The molecule has 0 saturated carbocycles. The van der Waals surface area contributed by atoms with E-state index in [4.69, 9.17) is 0 Å². The molecule has 0 saturated heterocycles. The Morgan fingerprint density at radius 1 is 0.581 bits per heavy atom. The second-order valence-electron chi connectivity index (χ2n) is 9.71. The SMILES string of the molecule is C=Cn1cc[n+](CCCCCCCCCCCCCCCCCCCCCCCC)c1. The molecular formula is C29H55N2+. The third-order valence-electron chi connectivity index (χ3n) is 6.69. The molecule has 2 heteroatoms. The molecule has 0 unspecified atom stereocenters. The van der Waals surface area contributed by atoms with Gasteiger partial charge in [0, 0.05) is 0 Å². The second-order valence-corrected chi connectivity index (χ2v) is 9.71. The molecule has 1 rings (SSSR count). The Morgan fingerprint density at radius 3 is 1.26 bits per heavy atom. The van der Waals surface area contributed by atoms with Gasteiger partial charge in [0.25, 0.3) is 0 Å². The fourth-order valence-electron chi connectivity index (χ4n) is 4.55. The van der Waals surface area contributed by atoms with Crippen molar-refractivity contribution in [1.82, 2.24) is 4.57 Å². The van der Waals surface area contributed by atoms with Crippen molar-refractivity contribution < 1.29 is 4.57 Å². The van der Waals surface area contributed by atoms with E-state index in [1.54, 1.807) is 0 Å². The predicted octanol–water partition coefficient (Wildman–Crippen LogP) is 9.48. The lowest BCUT2D eigenvalue weighted by Crippen LogP contribution is -2.30. The lowest BCUT2D eigenvalue weighted by Gasteiger charge is -2.04. The summed E-state index contributed by atoms with van der Waals surface area (Å²) in [4.78, 5) is 0. The van der Waals surface area contributed by atoms with Gasteiger partial charge in [0.05, 0.1) is 12.7 Å². The average Bonchev–Trinajstić information content (AvgIpc) is 3.25. The molecule has 0 aliphatic carbocycles. The number of imidazole rings is 1. The lowest BCUT2D eigenvalue weighted by atomic mass is 10.0. The fraction of sp³-hybridized carbons (Fsp3) is 0.828. The molecule has 180 valence electrons. The highest BCUT2D eigenvalue weighted by atomic mass is 15.1. The smallest absolute Gasteiger partial charge is 0.236 e. The van der Waals surface area contributed by atoms with E-state index in [2.05, 4.69) is 36.8 Å². The Labute approximate surface area is 195 Å². The minimum atomic E-state index is 1.14. The minimum Gasteiger partial charge on any atom is -0.236 e. The van der Waals surface area contributed by atoms with E-state index >= 15 is 0 Å². The van der Waals surface area contributed by atoms with Gasteiger partial charge in [-0.25, -0.2) is 9.13 Å². The first-order chi connectivity index (χ1) is 15.4. The summed E-state index contributed by atoms with van der Waals surface area (Å²) in [6, 6.07) is 0. The first-order valence-electron chi connectivity index (χ1n) is 14.1. The van der Waals surface area contributed by atoms with Crippen LogP contribution in [0.3, 0.4) is 0 Å². The fourth-order valence-corrected chi connectivity index (χ4v) is 4.55. The summed E-state index contributed by atoms with van der Waals surface area (Å²) in [5.74, 6) is 0. The van der Waals surface area contributed by atoms with Gasteiger partial charge in [-0.2, -0.15) is 0 Å². The maximum absolute atomic E-state index is 3.79. The summed E-state index contributed by atoms with van der Waals surface area (Å²) < 4.78 is 4.27. The monoisotopic (exact) mass is 431 g/mol. The molecule has 1 heterocycles. The summed E-state index contributed by atoms with van der Waals surface area (Å²) in [7, 11) is 0. The Bertz CT molecular complexity index is 491. The number of hydrogen-bond donors (Lipinski definition) is 0. The highest BCUT2D eigenvalue weighted by Crippen LogP contribution is 2.15. The Kier molecular flexibility index (Phi) is 20.0. The quantitative estimate of drug-likeness (QED) is 0.114. The van der Waals surface area contributed by atoms with Gasteiger partial charge in [0.2, 0.25) is 6.33 Å². The van der Waals surface area contributed by atoms with Gasteiger partial charge in [-0.05, 0) is 12.8 Å². The topological polar surface area (TPSA) is 8.81 Å². The maximum Gasteiger partial charge on any atom is 0.248 e. The number of rotatable bonds is 24. The summed E-state index contributed by atoms with van der Waals surface area (Å²) in [5, 5.41) is 0. The maximum atomic E-state index is 3.79. The van der Waals surface area contributed by atoms with Crippen LogP contribution in [0.25, 0.3) is 6.20 Å². The van der Waals surface area contributed by atoms with Gasteiger partial charge < -0.3 is 0 Å². The average molecular weight is 432 g/mol. The van der Waals surface area contributed by atoms with Crippen molar-refractivity contribution in [2.24, 2.45) is 0 Å². The molecule has 0 aromatic carbocycles. The standard InChI is InChI=1S/C29H55N2/c1-3-5-6-7-8-9-10-11-12-13-14-15-16-17-18-19-20-21-22-23-24-25-26-31-28-27-30(4-2)29-31/h4,27-29H,2-3,5-26H2,1H3/q+1. The zero-order valence-electron chi connectivity index (χ0n) is 21.2. The molecule has 0 atom stereocenters. The number of unbranched alkanes of at least 4 members (excludes halogenated alkanes) is 21. The number of nitrogens with zero attached hydrogens (tertiary/aromatic N) is 2. The van der Waals surface area contributed by atoms with Crippen molar-refractivity contribution in [3.05, 3.63) is 25.3 Å². The van der Waals surface area contributed by atoms with E-state index in [9.17, 15) is 0 Å². The molecule has 0 amide bonds. The number of aromatic nitrogens is 2. The van der Waals surface area contributed by atoms with E-state index in [1.807, 2.05) is 10.8 Å². The first-order valence-corrected chi connectivity index (χ1v) is 14.1. The van der Waals surface area contributed by atoms with Crippen molar-refractivity contribution in [2.45, 2.75) is 155 Å². The number of hydrogen-bond acceptors (Lipinski definition) is 0. The first kappa shape index (κ1) is 28.0. The summed E-state index contributed by atoms with van der Waals surface area (Å²) in [6.07, 6.45) is 40.0. The van der Waals surface area contributed by atoms with Gasteiger partial charge in [0.15, 0.2) is 0 Å².